The van der Waals surface area contributed by atoms with Gasteiger partial charge in [0.05, 0.1) is 12.5 Å². The molecule has 0 bridgehead atoms. The monoisotopic (exact) mass is 202 g/mol. The number of aromatic nitrogens is 1. The van der Waals surface area contributed by atoms with Gasteiger partial charge in [0.15, 0.2) is 11.5 Å². The zero-order valence-corrected chi connectivity index (χ0v) is 8.36. The molecule has 0 radical (unpaired) electrons. The predicted octanol–water partition coefficient (Wildman–Crippen LogP) is 2.43. The van der Waals surface area contributed by atoms with Gasteiger partial charge in [-0.25, -0.2) is 4.98 Å². The molecule has 4 nitrogen and oxygen atoms in total. The molecule has 0 N–H and O–H groups in total. The van der Waals surface area contributed by atoms with Gasteiger partial charge in [-0.15, -0.1) is 0 Å². The van der Waals surface area contributed by atoms with Crippen molar-refractivity contribution in [2.45, 2.75) is 13.3 Å². The molecule has 2 aromatic rings. The molecule has 2 rings (SSSR count). The Balaban J connectivity index is 2.19. The third kappa shape index (κ3) is 2.08. The summed E-state index contributed by atoms with van der Waals surface area (Å²) in [6, 6.07) is 7.46. The van der Waals surface area contributed by atoms with E-state index in [9.17, 15) is 0 Å². The first-order chi connectivity index (χ1) is 7.29. The van der Waals surface area contributed by atoms with Crippen LogP contribution in [0.15, 0.2) is 22.6 Å². The van der Waals surface area contributed by atoms with Crippen LogP contribution >= 0.6 is 0 Å². The minimum Gasteiger partial charge on any atom is -0.492 e. The van der Waals surface area contributed by atoms with Crippen LogP contribution in [0.3, 0.4) is 0 Å². The molecule has 4 heteroatoms. The van der Waals surface area contributed by atoms with Crippen LogP contribution in [0.1, 0.15) is 12.3 Å². The largest absolute Gasteiger partial charge is 0.492 e. The fourth-order valence-electron chi connectivity index (χ4n) is 1.32. The number of ether oxygens (including phenoxy) is 1. The summed E-state index contributed by atoms with van der Waals surface area (Å²) < 4.78 is 10.7. The second-order valence-electron chi connectivity index (χ2n) is 3.12. The third-order valence-corrected chi connectivity index (χ3v) is 1.95. The zero-order chi connectivity index (χ0) is 10.7. The molecule has 76 valence electrons. The van der Waals surface area contributed by atoms with Gasteiger partial charge in [0, 0.05) is 13.0 Å². The van der Waals surface area contributed by atoms with E-state index in [0.29, 0.717) is 30.3 Å². The molecule has 0 saturated heterocycles. The fourth-order valence-corrected chi connectivity index (χ4v) is 1.32. The van der Waals surface area contributed by atoms with Crippen LogP contribution in [0.25, 0.3) is 11.1 Å². The maximum absolute atomic E-state index is 8.36. The van der Waals surface area contributed by atoms with Gasteiger partial charge in [-0.05, 0) is 12.1 Å². The maximum atomic E-state index is 8.36. The standard InChI is InChI=1S/C11H10N2O2/c1-8-13-10-4-3-9(7-11(10)15-8)14-6-2-5-12/h3-4,7H,2,6H2,1H3. The van der Waals surface area contributed by atoms with Crippen molar-refractivity contribution in [1.82, 2.24) is 4.98 Å². The summed E-state index contributed by atoms with van der Waals surface area (Å²) in [5, 5.41) is 8.36. The topological polar surface area (TPSA) is 59.0 Å². The highest BCUT2D eigenvalue weighted by atomic mass is 16.5. The average molecular weight is 202 g/mol. The summed E-state index contributed by atoms with van der Waals surface area (Å²) in [7, 11) is 0. The van der Waals surface area contributed by atoms with E-state index >= 15 is 0 Å². The van der Waals surface area contributed by atoms with Crippen molar-refractivity contribution in [3.63, 3.8) is 0 Å². The number of benzene rings is 1. The first-order valence-corrected chi connectivity index (χ1v) is 4.66. The molecule has 15 heavy (non-hydrogen) atoms. The van der Waals surface area contributed by atoms with Gasteiger partial charge in [0.25, 0.3) is 0 Å². The van der Waals surface area contributed by atoms with Crippen LogP contribution in [0.4, 0.5) is 0 Å². The van der Waals surface area contributed by atoms with Crippen molar-refractivity contribution in [1.29, 1.82) is 5.26 Å². The average Bonchev–Trinajstić information content (AvgIpc) is 2.57. The first-order valence-electron chi connectivity index (χ1n) is 4.66. The van der Waals surface area contributed by atoms with Gasteiger partial charge in [-0.1, -0.05) is 0 Å². The Labute approximate surface area is 87.1 Å². The molecule has 0 aliphatic rings. The second-order valence-corrected chi connectivity index (χ2v) is 3.12. The molecule has 0 aliphatic carbocycles. The Hall–Kier alpha value is -2.02. The van der Waals surface area contributed by atoms with Crippen LogP contribution in [0.2, 0.25) is 0 Å². The molecule has 0 atom stereocenters. The number of oxazole rings is 1. The lowest BCUT2D eigenvalue weighted by Crippen LogP contribution is -1.94. The Bertz CT molecular complexity index is 511. The number of rotatable bonds is 3. The normalized spacial score (nSPS) is 10.1. The lowest BCUT2D eigenvalue weighted by Gasteiger charge is -2.01. The zero-order valence-electron chi connectivity index (χ0n) is 8.36. The molecule has 1 aromatic heterocycles. The Morgan fingerprint density at radius 1 is 1.53 bits per heavy atom. The molecular formula is C11H10N2O2. The number of aryl methyl sites for hydroxylation is 1. The molecule has 0 amide bonds. The Morgan fingerprint density at radius 3 is 3.20 bits per heavy atom. The minimum absolute atomic E-state index is 0.382. The summed E-state index contributed by atoms with van der Waals surface area (Å²) in [6.45, 7) is 2.20. The Kier molecular flexibility index (Phi) is 2.55. The van der Waals surface area contributed by atoms with Gasteiger partial charge in [0.2, 0.25) is 0 Å². The van der Waals surface area contributed by atoms with E-state index in [1.165, 1.54) is 0 Å². The van der Waals surface area contributed by atoms with Gasteiger partial charge in [0.1, 0.15) is 17.9 Å². The van der Waals surface area contributed by atoms with Crippen molar-refractivity contribution >= 4 is 11.1 Å². The van der Waals surface area contributed by atoms with Crippen LogP contribution in [0.5, 0.6) is 5.75 Å². The smallest absolute Gasteiger partial charge is 0.192 e. The Morgan fingerprint density at radius 2 is 2.40 bits per heavy atom. The van der Waals surface area contributed by atoms with Gasteiger partial charge < -0.3 is 9.15 Å². The predicted molar refractivity (Wildman–Crippen MR) is 54.5 cm³/mol. The van der Waals surface area contributed by atoms with E-state index in [-0.39, 0.29) is 0 Å². The highest BCUT2D eigenvalue weighted by molar-refractivity contribution is 5.74. The van der Waals surface area contributed by atoms with E-state index in [1.54, 1.807) is 13.0 Å². The molecular weight excluding hydrogens is 192 g/mol. The number of nitrogens with zero attached hydrogens (tertiary/aromatic N) is 2. The molecule has 0 saturated carbocycles. The third-order valence-electron chi connectivity index (χ3n) is 1.95. The fraction of sp³-hybridized carbons (Fsp3) is 0.273. The van der Waals surface area contributed by atoms with Crippen molar-refractivity contribution in [3.05, 3.63) is 24.1 Å². The summed E-state index contributed by atoms with van der Waals surface area (Å²) in [6.07, 6.45) is 0.382. The van der Waals surface area contributed by atoms with E-state index in [0.717, 1.165) is 5.52 Å². The van der Waals surface area contributed by atoms with Crippen LogP contribution < -0.4 is 4.74 Å². The minimum atomic E-state index is 0.382. The van der Waals surface area contributed by atoms with Crippen molar-refractivity contribution in [2.75, 3.05) is 6.61 Å². The lowest BCUT2D eigenvalue weighted by atomic mass is 10.3. The summed E-state index contributed by atoms with van der Waals surface area (Å²) in [4.78, 5) is 4.18. The molecule has 0 fully saturated rings. The first kappa shape index (κ1) is 9.53. The molecule has 0 aliphatic heterocycles. The number of hydrogen-bond donors (Lipinski definition) is 0. The van der Waals surface area contributed by atoms with Crippen LogP contribution in [0, 0.1) is 18.3 Å². The summed E-state index contributed by atoms with van der Waals surface area (Å²) in [5.74, 6) is 1.34. The number of nitriles is 1. The molecule has 0 unspecified atom stereocenters. The van der Waals surface area contributed by atoms with Gasteiger partial charge >= 0.3 is 0 Å². The summed E-state index contributed by atoms with van der Waals surface area (Å²) in [5.41, 5.74) is 1.53. The van der Waals surface area contributed by atoms with Crippen molar-refractivity contribution in [2.24, 2.45) is 0 Å². The van der Waals surface area contributed by atoms with E-state index < -0.39 is 0 Å². The van der Waals surface area contributed by atoms with Gasteiger partial charge in [-0.2, -0.15) is 5.26 Å². The quantitative estimate of drug-likeness (QED) is 0.717. The van der Waals surface area contributed by atoms with Crippen molar-refractivity contribution in [3.8, 4) is 11.8 Å². The van der Waals surface area contributed by atoms with E-state index in [2.05, 4.69) is 4.98 Å². The van der Waals surface area contributed by atoms with Gasteiger partial charge in [-0.3, -0.25) is 0 Å². The van der Waals surface area contributed by atoms with Crippen LogP contribution in [-0.2, 0) is 0 Å². The number of hydrogen-bond acceptors (Lipinski definition) is 4. The second kappa shape index (κ2) is 4.01. The van der Waals surface area contributed by atoms with Crippen LogP contribution in [-0.4, -0.2) is 11.6 Å². The van der Waals surface area contributed by atoms with Crippen molar-refractivity contribution < 1.29 is 9.15 Å². The van der Waals surface area contributed by atoms with E-state index in [1.807, 2.05) is 18.2 Å². The molecule has 1 heterocycles. The maximum Gasteiger partial charge on any atom is 0.192 e. The lowest BCUT2D eigenvalue weighted by molar-refractivity contribution is 0.326. The summed E-state index contributed by atoms with van der Waals surface area (Å²) >= 11 is 0. The van der Waals surface area contributed by atoms with E-state index in [4.69, 9.17) is 14.4 Å². The highest BCUT2D eigenvalue weighted by Gasteiger charge is 2.03. The molecule has 1 aromatic carbocycles. The SMILES string of the molecule is Cc1nc2ccc(OCCC#N)cc2o1. The molecule has 0 spiro atoms. The highest BCUT2D eigenvalue weighted by Crippen LogP contribution is 2.21. The number of fused-ring (bicyclic) bond motifs is 1.